The van der Waals surface area contributed by atoms with Crippen LogP contribution in [0.15, 0.2) is 4.34 Å². The summed E-state index contributed by atoms with van der Waals surface area (Å²) in [5.41, 5.74) is 1.77. The average molecular weight is 394 g/mol. The van der Waals surface area contributed by atoms with Gasteiger partial charge in [-0.1, -0.05) is 36.9 Å². The molecule has 25 heavy (non-hydrogen) atoms. The van der Waals surface area contributed by atoms with Gasteiger partial charge in [0.25, 0.3) is 0 Å². The van der Waals surface area contributed by atoms with E-state index in [1.165, 1.54) is 39.3 Å². The first kappa shape index (κ1) is 18.2. The summed E-state index contributed by atoms with van der Waals surface area (Å²) in [6.45, 7) is 5.10. The summed E-state index contributed by atoms with van der Waals surface area (Å²) >= 11 is 4.35. The molecule has 132 valence electrons. The lowest BCUT2D eigenvalue weighted by Gasteiger charge is -2.03. The summed E-state index contributed by atoms with van der Waals surface area (Å²) in [6, 6.07) is 2.24. The Bertz CT molecular complexity index is 805. The quantitative estimate of drug-likeness (QED) is 0.696. The number of hydrogen-bond acceptors (Lipinski definition) is 8. The van der Waals surface area contributed by atoms with E-state index < -0.39 is 0 Å². The lowest BCUT2D eigenvalue weighted by atomic mass is 10.1. The van der Waals surface area contributed by atoms with Crippen LogP contribution in [0.2, 0.25) is 0 Å². The van der Waals surface area contributed by atoms with Crippen LogP contribution in [0.1, 0.15) is 36.3 Å². The second-order valence-corrected chi connectivity index (χ2v) is 9.46. The number of nitrogens with zero attached hydrogens (tertiary/aromatic N) is 3. The standard InChI is InChI=1S/C16H19N5OS3/c1-9(2)7-18-15-20-21-16(25-15)23-8-13(22)19-14-11(6-17)10-4-3-5-12(10)24-14/h9H,3-5,7-8H2,1-2H3,(H,18,20)(H,19,22). The molecule has 3 rings (SSSR count). The number of fused-ring (bicyclic) bond motifs is 1. The Morgan fingerprint density at radius 3 is 2.96 bits per heavy atom. The van der Waals surface area contributed by atoms with Crippen molar-refractivity contribution in [3.05, 3.63) is 16.0 Å². The number of carbonyl (C=O) groups is 1. The van der Waals surface area contributed by atoms with Crippen molar-refractivity contribution in [1.82, 2.24) is 10.2 Å². The van der Waals surface area contributed by atoms with Crippen LogP contribution in [-0.4, -0.2) is 28.4 Å². The van der Waals surface area contributed by atoms with Crippen LogP contribution in [0.25, 0.3) is 0 Å². The third-order valence-electron chi connectivity index (χ3n) is 3.68. The molecule has 0 bridgehead atoms. The van der Waals surface area contributed by atoms with Crippen LogP contribution in [0.3, 0.4) is 0 Å². The minimum absolute atomic E-state index is 0.117. The second kappa shape index (κ2) is 8.17. The number of anilines is 2. The Morgan fingerprint density at radius 1 is 1.36 bits per heavy atom. The highest BCUT2D eigenvalue weighted by Gasteiger charge is 2.23. The van der Waals surface area contributed by atoms with E-state index in [-0.39, 0.29) is 11.7 Å². The van der Waals surface area contributed by atoms with Gasteiger partial charge in [-0.25, -0.2) is 0 Å². The summed E-state index contributed by atoms with van der Waals surface area (Å²) in [7, 11) is 0. The Morgan fingerprint density at radius 2 is 2.20 bits per heavy atom. The second-order valence-electron chi connectivity index (χ2n) is 6.16. The molecule has 2 aromatic rings. The largest absolute Gasteiger partial charge is 0.360 e. The summed E-state index contributed by atoms with van der Waals surface area (Å²) in [5, 5.41) is 25.1. The number of thiophene rings is 1. The average Bonchev–Trinajstić information content (AvgIpc) is 3.26. The topological polar surface area (TPSA) is 90.7 Å². The minimum Gasteiger partial charge on any atom is -0.360 e. The highest BCUT2D eigenvalue weighted by atomic mass is 32.2. The molecule has 0 radical (unpaired) electrons. The molecule has 6 nitrogen and oxygen atoms in total. The molecular formula is C16H19N5OS3. The van der Waals surface area contributed by atoms with Crippen molar-refractivity contribution in [1.29, 1.82) is 5.26 Å². The lowest BCUT2D eigenvalue weighted by molar-refractivity contribution is -0.113. The number of thioether (sulfide) groups is 1. The van der Waals surface area contributed by atoms with Gasteiger partial charge in [0.05, 0.1) is 11.3 Å². The predicted molar refractivity (Wildman–Crippen MR) is 104 cm³/mol. The Hall–Kier alpha value is -1.63. The first-order valence-corrected chi connectivity index (χ1v) is 10.7. The van der Waals surface area contributed by atoms with Gasteiger partial charge in [-0.05, 0) is 30.7 Å². The first-order chi connectivity index (χ1) is 12.1. The van der Waals surface area contributed by atoms with Gasteiger partial charge in [0, 0.05) is 11.4 Å². The summed E-state index contributed by atoms with van der Waals surface area (Å²) in [6.07, 6.45) is 3.05. The fourth-order valence-corrected chi connectivity index (χ4v) is 5.35. The van der Waals surface area contributed by atoms with E-state index >= 15 is 0 Å². The van der Waals surface area contributed by atoms with Crippen LogP contribution in [0, 0.1) is 17.2 Å². The van der Waals surface area contributed by atoms with Gasteiger partial charge in [0.2, 0.25) is 11.0 Å². The van der Waals surface area contributed by atoms with Gasteiger partial charge in [0.1, 0.15) is 11.1 Å². The molecule has 1 amide bonds. The van der Waals surface area contributed by atoms with Crippen molar-refractivity contribution in [2.75, 3.05) is 22.9 Å². The lowest BCUT2D eigenvalue weighted by Crippen LogP contribution is -2.13. The SMILES string of the molecule is CC(C)CNc1nnc(SCC(=O)Nc2sc3c(c2C#N)CCC3)s1. The molecule has 0 aliphatic heterocycles. The zero-order chi connectivity index (χ0) is 17.8. The number of aromatic nitrogens is 2. The molecule has 2 aromatic heterocycles. The number of amides is 1. The predicted octanol–water partition coefficient (Wildman–Crippen LogP) is 3.76. The Labute approximate surface area is 159 Å². The van der Waals surface area contributed by atoms with Gasteiger partial charge >= 0.3 is 0 Å². The van der Waals surface area contributed by atoms with E-state index in [9.17, 15) is 10.1 Å². The number of aryl methyl sites for hydroxylation is 1. The molecule has 2 N–H and O–H groups in total. The molecule has 1 aliphatic rings. The summed E-state index contributed by atoms with van der Waals surface area (Å²) in [4.78, 5) is 13.4. The fraction of sp³-hybridized carbons (Fsp3) is 0.500. The van der Waals surface area contributed by atoms with Gasteiger partial charge < -0.3 is 10.6 Å². The molecule has 0 saturated carbocycles. The third-order valence-corrected chi connectivity index (χ3v) is 6.90. The normalized spacial score (nSPS) is 12.9. The maximum atomic E-state index is 12.2. The van der Waals surface area contributed by atoms with Gasteiger partial charge in [-0.15, -0.1) is 21.5 Å². The highest BCUT2D eigenvalue weighted by Crippen LogP contribution is 2.38. The number of rotatable bonds is 7. The van der Waals surface area contributed by atoms with Gasteiger partial charge in [0.15, 0.2) is 4.34 Å². The number of hydrogen-bond donors (Lipinski definition) is 2. The zero-order valence-corrected chi connectivity index (χ0v) is 16.5. The minimum atomic E-state index is -0.117. The van der Waals surface area contributed by atoms with Crippen molar-refractivity contribution in [3.63, 3.8) is 0 Å². The number of carbonyl (C=O) groups excluding carboxylic acids is 1. The summed E-state index contributed by atoms with van der Waals surface area (Å²) in [5.74, 6) is 0.674. The molecule has 1 aliphatic carbocycles. The van der Waals surface area contributed by atoms with E-state index in [1.807, 2.05) is 0 Å². The van der Waals surface area contributed by atoms with Crippen molar-refractivity contribution in [2.45, 2.75) is 37.4 Å². The summed E-state index contributed by atoms with van der Waals surface area (Å²) < 4.78 is 0.760. The van der Waals surface area contributed by atoms with Crippen LogP contribution < -0.4 is 10.6 Å². The monoisotopic (exact) mass is 393 g/mol. The van der Waals surface area contributed by atoms with Crippen molar-refractivity contribution in [3.8, 4) is 6.07 Å². The molecule has 0 atom stereocenters. The molecule has 0 unspecified atom stereocenters. The molecule has 0 fully saturated rings. The number of nitriles is 1. The van der Waals surface area contributed by atoms with Crippen LogP contribution in [0.4, 0.5) is 10.1 Å². The third kappa shape index (κ3) is 4.51. The van der Waals surface area contributed by atoms with Gasteiger partial charge in [-0.3, -0.25) is 4.79 Å². The van der Waals surface area contributed by atoms with Crippen LogP contribution >= 0.6 is 34.4 Å². The van der Waals surface area contributed by atoms with Crippen LogP contribution in [0.5, 0.6) is 0 Å². The maximum Gasteiger partial charge on any atom is 0.235 e. The van der Waals surface area contributed by atoms with Crippen molar-refractivity contribution < 1.29 is 4.79 Å². The van der Waals surface area contributed by atoms with E-state index in [1.54, 1.807) is 0 Å². The van der Waals surface area contributed by atoms with Crippen molar-refractivity contribution >= 4 is 50.5 Å². The van der Waals surface area contributed by atoms with E-state index in [0.717, 1.165) is 40.8 Å². The number of nitrogens with one attached hydrogen (secondary N) is 2. The molecule has 0 aromatic carbocycles. The Kier molecular flexibility index (Phi) is 5.93. The molecule has 0 spiro atoms. The molecule has 9 heteroatoms. The van der Waals surface area contributed by atoms with E-state index in [0.29, 0.717) is 16.5 Å². The molecule has 2 heterocycles. The Balaban J connectivity index is 1.53. The maximum absolute atomic E-state index is 12.2. The van der Waals surface area contributed by atoms with Gasteiger partial charge in [-0.2, -0.15) is 5.26 Å². The van der Waals surface area contributed by atoms with Crippen molar-refractivity contribution in [2.24, 2.45) is 5.92 Å². The molecular weight excluding hydrogens is 374 g/mol. The fourth-order valence-electron chi connectivity index (χ4n) is 2.53. The highest BCUT2D eigenvalue weighted by molar-refractivity contribution is 8.01. The zero-order valence-electron chi connectivity index (χ0n) is 14.1. The van der Waals surface area contributed by atoms with E-state index in [2.05, 4.69) is 40.7 Å². The van der Waals surface area contributed by atoms with Crippen LogP contribution in [-0.2, 0) is 17.6 Å². The smallest absolute Gasteiger partial charge is 0.235 e. The van der Waals surface area contributed by atoms with E-state index in [4.69, 9.17) is 0 Å². The molecule has 0 saturated heterocycles. The first-order valence-electron chi connectivity index (χ1n) is 8.11.